The summed E-state index contributed by atoms with van der Waals surface area (Å²) in [6.07, 6.45) is 0. The van der Waals surface area contributed by atoms with Crippen LogP contribution in [0.3, 0.4) is 0 Å². The van der Waals surface area contributed by atoms with Gasteiger partial charge >= 0.3 is 0 Å². The van der Waals surface area contributed by atoms with Crippen LogP contribution >= 0.6 is 27.3 Å². The van der Waals surface area contributed by atoms with Gasteiger partial charge in [-0.25, -0.2) is 0 Å². The van der Waals surface area contributed by atoms with Crippen molar-refractivity contribution in [2.45, 2.75) is 13.8 Å². The van der Waals surface area contributed by atoms with Gasteiger partial charge in [-0.1, -0.05) is 29.8 Å². The highest BCUT2D eigenvalue weighted by Crippen LogP contribution is 2.35. The van der Waals surface area contributed by atoms with Gasteiger partial charge in [-0.3, -0.25) is 0 Å². The van der Waals surface area contributed by atoms with Gasteiger partial charge in [-0.05, 0) is 41.4 Å². The predicted octanol–water partition coefficient (Wildman–Crippen LogP) is 4.79. The first kappa shape index (κ1) is 9.94. The van der Waals surface area contributed by atoms with E-state index in [9.17, 15) is 0 Å². The normalized spacial score (nSPS) is 10.5. The fourth-order valence-electron chi connectivity index (χ4n) is 1.42. The molecular formula is C12H11BrS. The van der Waals surface area contributed by atoms with Gasteiger partial charge in [0, 0.05) is 10.4 Å². The summed E-state index contributed by atoms with van der Waals surface area (Å²) in [5, 5.41) is 0. The molecule has 2 heteroatoms. The van der Waals surface area contributed by atoms with Gasteiger partial charge < -0.3 is 0 Å². The lowest BCUT2D eigenvalue weighted by molar-refractivity contribution is 1.47. The van der Waals surface area contributed by atoms with Crippen LogP contribution in [-0.2, 0) is 0 Å². The van der Waals surface area contributed by atoms with Crippen LogP contribution in [0.15, 0.2) is 34.1 Å². The van der Waals surface area contributed by atoms with Gasteiger partial charge in [0.25, 0.3) is 0 Å². The van der Waals surface area contributed by atoms with Crippen LogP contribution in [0.25, 0.3) is 11.1 Å². The van der Waals surface area contributed by atoms with Crippen molar-refractivity contribution in [1.29, 1.82) is 0 Å². The molecule has 1 aromatic carbocycles. The monoisotopic (exact) mass is 266 g/mol. The summed E-state index contributed by atoms with van der Waals surface area (Å²) < 4.78 is 1.22. The lowest BCUT2D eigenvalue weighted by Gasteiger charge is -1.99. The number of rotatable bonds is 1. The minimum absolute atomic E-state index is 1.22. The van der Waals surface area contributed by atoms with E-state index >= 15 is 0 Å². The van der Waals surface area contributed by atoms with Gasteiger partial charge in [0.1, 0.15) is 0 Å². The Morgan fingerprint density at radius 2 is 1.71 bits per heavy atom. The first-order valence-corrected chi connectivity index (χ1v) is 6.11. The fourth-order valence-corrected chi connectivity index (χ4v) is 3.27. The van der Waals surface area contributed by atoms with Crippen molar-refractivity contribution in [2.75, 3.05) is 0 Å². The van der Waals surface area contributed by atoms with Crippen molar-refractivity contribution in [3.63, 3.8) is 0 Å². The summed E-state index contributed by atoms with van der Waals surface area (Å²) in [4.78, 5) is 1.34. The highest BCUT2D eigenvalue weighted by molar-refractivity contribution is 9.11. The minimum atomic E-state index is 1.22. The van der Waals surface area contributed by atoms with E-state index in [1.807, 2.05) is 0 Å². The lowest BCUT2D eigenvalue weighted by Crippen LogP contribution is -1.75. The molecule has 0 spiro atoms. The predicted molar refractivity (Wildman–Crippen MR) is 66.9 cm³/mol. The summed E-state index contributed by atoms with van der Waals surface area (Å²) in [5.74, 6) is 0. The molecule has 1 aromatic heterocycles. The Hall–Kier alpha value is -0.600. The Kier molecular flexibility index (Phi) is 2.75. The first-order chi connectivity index (χ1) is 6.66. The van der Waals surface area contributed by atoms with Crippen molar-refractivity contribution in [3.8, 4) is 11.1 Å². The van der Waals surface area contributed by atoms with E-state index in [0.717, 1.165) is 0 Å². The zero-order valence-electron chi connectivity index (χ0n) is 8.17. The van der Waals surface area contributed by atoms with E-state index in [2.05, 4.69) is 60.1 Å². The number of benzene rings is 1. The van der Waals surface area contributed by atoms with E-state index in [1.165, 1.54) is 25.4 Å². The Morgan fingerprint density at radius 3 is 2.21 bits per heavy atom. The van der Waals surface area contributed by atoms with Crippen molar-refractivity contribution in [1.82, 2.24) is 0 Å². The van der Waals surface area contributed by atoms with E-state index in [-0.39, 0.29) is 0 Å². The molecule has 0 aliphatic rings. The zero-order valence-corrected chi connectivity index (χ0v) is 10.6. The van der Waals surface area contributed by atoms with Crippen LogP contribution in [0, 0.1) is 13.8 Å². The van der Waals surface area contributed by atoms with Gasteiger partial charge in [0.2, 0.25) is 0 Å². The Balaban J connectivity index is 2.49. The first-order valence-electron chi connectivity index (χ1n) is 4.50. The molecule has 0 aliphatic heterocycles. The molecule has 0 atom stereocenters. The third-order valence-corrected chi connectivity index (χ3v) is 3.92. The molecule has 14 heavy (non-hydrogen) atoms. The number of hydrogen-bond donors (Lipinski definition) is 0. The summed E-state index contributed by atoms with van der Waals surface area (Å²) in [6.45, 7) is 4.24. The molecule has 72 valence electrons. The van der Waals surface area contributed by atoms with Gasteiger partial charge in [-0.2, -0.15) is 0 Å². The Labute approximate surface area is 96.7 Å². The number of aryl methyl sites for hydroxylation is 2. The summed E-state index contributed by atoms with van der Waals surface area (Å²) >= 11 is 5.38. The average Bonchev–Trinajstić information content (AvgIpc) is 2.47. The third kappa shape index (κ3) is 1.91. The molecule has 0 fully saturated rings. The molecular weight excluding hydrogens is 256 g/mol. The second-order valence-electron chi connectivity index (χ2n) is 3.41. The molecule has 0 saturated heterocycles. The molecule has 0 unspecified atom stereocenters. The quantitative estimate of drug-likeness (QED) is 0.696. The van der Waals surface area contributed by atoms with Crippen LogP contribution in [0.1, 0.15) is 10.4 Å². The topological polar surface area (TPSA) is 0 Å². The summed E-state index contributed by atoms with van der Waals surface area (Å²) in [5.41, 5.74) is 3.89. The fraction of sp³-hybridized carbons (Fsp3) is 0.167. The largest absolute Gasteiger partial charge is 0.133 e. The van der Waals surface area contributed by atoms with Crippen LogP contribution in [0.5, 0.6) is 0 Å². The Bertz CT molecular complexity index is 440. The molecule has 0 aliphatic carbocycles. The number of hydrogen-bond acceptors (Lipinski definition) is 1. The molecule has 0 bridgehead atoms. The summed E-state index contributed by atoms with van der Waals surface area (Å²) in [6, 6.07) is 10.9. The molecule has 2 aromatic rings. The van der Waals surface area contributed by atoms with Crippen LogP contribution < -0.4 is 0 Å². The van der Waals surface area contributed by atoms with E-state index in [1.54, 1.807) is 11.3 Å². The minimum Gasteiger partial charge on any atom is -0.133 e. The SMILES string of the molecule is Cc1ccc(-c2cc(C)sc2Br)cc1. The third-order valence-electron chi connectivity index (χ3n) is 2.17. The lowest BCUT2D eigenvalue weighted by atomic mass is 10.1. The molecule has 1 heterocycles. The van der Waals surface area contributed by atoms with Crippen molar-refractivity contribution in [2.24, 2.45) is 0 Å². The van der Waals surface area contributed by atoms with Gasteiger partial charge in [0.05, 0.1) is 3.79 Å². The number of thiophene rings is 1. The van der Waals surface area contributed by atoms with Gasteiger partial charge in [-0.15, -0.1) is 11.3 Å². The van der Waals surface area contributed by atoms with Crippen LogP contribution in [0.4, 0.5) is 0 Å². The van der Waals surface area contributed by atoms with E-state index in [0.29, 0.717) is 0 Å². The van der Waals surface area contributed by atoms with E-state index in [4.69, 9.17) is 0 Å². The Morgan fingerprint density at radius 1 is 1.07 bits per heavy atom. The molecule has 2 rings (SSSR count). The molecule has 0 radical (unpaired) electrons. The van der Waals surface area contributed by atoms with Gasteiger partial charge in [0.15, 0.2) is 0 Å². The second-order valence-corrected chi connectivity index (χ2v) is 5.98. The van der Waals surface area contributed by atoms with Crippen molar-refractivity contribution in [3.05, 3.63) is 44.6 Å². The van der Waals surface area contributed by atoms with Crippen LogP contribution in [0.2, 0.25) is 0 Å². The van der Waals surface area contributed by atoms with Crippen LogP contribution in [-0.4, -0.2) is 0 Å². The zero-order chi connectivity index (χ0) is 10.1. The second kappa shape index (κ2) is 3.87. The number of halogens is 1. The summed E-state index contributed by atoms with van der Waals surface area (Å²) in [7, 11) is 0. The van der Waals surface area contributed by atoms with Crippen molar-refractivity contribution < 1.29 is 0 Å². The molecule has 0 nitrogen and oxygen atoms in total. The average molecular weight is 267 g/mol. The van der Waals surface area contributed by atoms with E-state index < -0.39 is 0 Å². The molecule has 0 N–H and O–H groups in total. The standard InChI is InChI=1S/C12H11BrS/c1-8-3-5-10(6-4-8)11-7-9(2)14-12(11)13/h3-7H,1-2H3. The molecule has 0 amide bonds. The maximum absolute atomic E-state index is 3.59. The smallest absolute Gasteiger partial charge is 0.0779 e. The molecule has 0 saturated carbocycles. The van der Waals surface area contributed by atoms with Crippen molar-refractivity contribution >= 4 is 27.3 Å². The maximum Gasteiger partial charge on any atom is 0.0779 e. The highest BCUT2D eigenvalue weighted by atomic mass is 79.9. The highest BCUT2D eigenvalue weighted by Gasteiger charge is 2.05. The maximum atomic E-state index is 3.59.